The molecule has 0 fully saturated rings. The molecule has 0 unspecified atom stereocenters. The molecule has 1 rings (SSSR count). The molecule has 0 spiro atoms. The summed E-state index contributed by atoms with van der Waals surface area (Å²) in [7, 11) is 0. The van der Waals surface area contributed by atoms with Crippen LogP contribution in [0.2, 0.25) is 0 Å². The summed E-state index contributed by atoms with van der Waals surface area (Å²) in [5.74, 6) is 0.650. The van der Waals surface area contributed by atoms with Gasteiger partial charge in [0.25, 0.3) is 0 Å². The number of hydrogen-bond donors (Lipinski definition) is 0. The molecule has 8 heavy (non-hydrogen) atoms. The Morgan fingerprint density at radius 3 is 3.50 bits per heavy atom. The maximum absolute atomic E-state index is 10.4. The number of thioether (sulfide) groups is 1. The Kier molecular flexibility index (Phi) is 1.97. The van der Waals surface area contributed by atoms with Crippen LogP contribution in [0.4, 0.5) is 0 Å². The van der Waals surface area contributed by atoms with E-state index < -0.39 is 0 Å². The highest BCUT2D eigenvalue weighted by Gasteiger charge is 1.98. The van der Waals surface area contributed by atoms with Crippen molar-refractivity contribution in [2.45, 2.75) is 0 Å². The molecule has 0 N–H and O–H groups in total. The van der Waals surface area contributed by atoms with E-state index >= 15 is 0 Å². The Bertz CT molecular complexity index is 120. The van der Waals surface area contributed by atoms with Crippen LogP contribution in [0.25, 0.3) is 0 Å². The van der Waals surface area contributed by atoms with Gasteiger partial charge in [0.2, 0.25) is 0 Å². The Morgan fingerprint density at radius 1 is 1.75 bits per heavy atom. The molecular formula is C5H6O2S. The maximum Gasteiger partial charge on any atom is 0.331 e. The number of carbonyl (C=O) groups is 1. The first-order valence-corrected chi connectivity index (χ1v) is 3.39. The van der Waals surface area contributed by atoms with Crippen molar-refractivity contribution in [2.75, 3.05) is 12.4 Å². The van der Waals surface area contributed by atoms with Gasteiger partial charge in [-0.15, -0.1) is 11.8 Å². The van der Waals surface area contributed by atoms with Crippen LogP contribution in [0, 0.1) is 0 Å². The summed E-state index contributed by atoms with van der Waals surface area (Å²) < 4.78 is 4.66. The number of carbonyl (C=O) groups excluding carboxylic acids is 1. The van der Waals surface area contributed by atoms with Gasteiger partial charge in [0.15, 0.2) is 0 Å². The van der Waals surface area contributed by atoms with Gasteiger partial charge in [-0.25, -0.2) is 4.79 Å². The second-order valence-electron chi connectivity index (χ2n) is 1.34. The van der Waals surface area contributed by atoms with Crippen molar-refractivity contribution >= 4 is 17.7 Å². The van der Waals surface area contributed by atoms with Gasteiger partial charge in [-0.3, -0.25) is 0 Å². The first-order chi connectivity index (χ1) is 3.89. The van der Waals surface area contributed by atoms with E-state index in [0.29, 0.717) is 6.61 Å². The lowest BCUT2D eigenvalue weighted by molar-refractivity contribution is -0.137. The number of esters is 1. The molecule has 0 saturated heterocycles. The highest BCUT2D eigenvalue weighted by Crippen LogP contribution is 2.05. The van der Waals surface area contributed by atoms with E-state index in [-0.39, 0.29) is 5.97 Å². The fourth-order valence-corrected chi connectivity index (χ4v) is 0.933. The third-order valence-electron chi connectivity index (χ3n) is 0.746. The van der Waals surface area contributed by atoms with Crippen LogP contribution in [-0.4, -0.2) is 18.3 Å². The fourth-order valence-electron chi connectivity index (χ4n) is 0.410. The van der Waals surface area contributed by atoms with Crippen LogP contribution in [0.5, 0.6) is 0 Å². The van der Waals surface area contributed by atoms with Crippen molar-refractivity contribution in [1.82, 2.24) is 0 Å². The lowest BCUT2D eigenvalue weighted by Gasteiger charge is -1.92. The van der Waals surface area contributed by atoms with Crippen LogP contribution in [0.15, 0.2) is 11.5 Å². The lowest BCUT2D eigenvalue weighted by Crippen LogP contribution is -2.00. The molecule has 2 nitrogen and oxygen atoms in total. The van der Waals surface area contributed by atoms with Crippen molar-refractivity contribution in [2.24, 2.45) is 0 Å². The van der Waals surface area contributed by atoms with Crippen molar-refractivity contribution in [1.29, 1.82) is 0 Å². The second kappa shape index (κ2) is 2.77. The second-order valence-corrected chi connectivity index (χ2v) is 2.35. The van der Waals surface area contributed by atoms with Crippen molar-refractivity contribution in [3.63, 3.8) is 0 Å². The molecule has 0 saturated carbocycles. The molecule has 0 aromatic rings. The van der Waals surface area contributed by atoms with Crippen molar-refractivity contribution in [3.05, 3.63) is 11.5 Å². The predicted octanol–water partition coefficient (Wildman–Crippen LogP) is 0.790. The van der Waals surface area contributed by atoms with Gasteiger partial charge in [0, 0.05) is 11.8 Å². The first kappa shape index (κ1) is 5.69. The molecule has 0 amide bonds. The minimum absolute atomic E-state index is 0.227. The fraction of sp³-hybridized carbons (Fsp3) is 0.400. The van der Waals surface area contributed by atoms with Gasteiger partial charge in [-0.2, -0.15) is 0 Å². The van der Waals surface area contributed by atoms with Gasteiger partial charge in [-0.1, -0.05) is 0 Å². The topological polar surface area (TPSA) is 26.3 Å². The third kappa shape index (κ3) is 1.58. The van der Waals surface area contributed by atoms with Crippen LogP contribution < -0.4 is 0 Å². The zero-order valence-electron chi connectivity index (χ0n) is 4.29. The molecule has 1 heterocycles. The molecule has 1 aliphatic heterocycles. The van der Waals surface area contributed by atoms with E-state index in [4.69, 9.17) is 0 Å². The summed E-state index contributed by atoms with van der Waals surface area (Å²) >= 11 is 1.59. The van der Waals surface area contributed by atoms with E-state index in [9.17, 15) is 4.79 Å². The summed E-state index contributed by atoms with van der Waals surface area (Å²) in [4.78, 5) is 10.4. The Morgan fingerprint density at radius 2 is 2.62 bits per heavy atom. The Balaban J connectivity index is 2.44. The summed E-state index contributed by atoms with van der Waals surface area (Å²) in [5, 5.41) is 1.76. The van der Waals surface area contributed by atoms with Gasteiger partial charge in [0.05, 0.1) is 0 Å². The predicted molar refractivity (Wildman–Crippen MR) is 32.6 cm³/mol. The van der Waals surface area contributed by atoms with Crippen LogP contribution in [0.3, 0.4) is 0 Å². The van der Waals surface area contributed by atoms with Gasteiger partial charge < -0.3 is 4.74 Å². The standard InChI is InChI=1S/C5H6O2S/c6-5-1-3-8-4-2-7-5/h1,3H,2,4H2. The SMILES string of the molecule is O=C1C=CSCCO1. The van der Waals surface area contributed by atoms with Crippen LogP contribution in [0.1, 0.15) is 0 Å². The van der Waals surface area contributed by atoms with E-state index in [1.165, 1.54) is 6.08 Å². The molecular weight excluding hydrogens is 124 g/mol. The molecule has 0 radical (unpaired) electrons. The zero-order chi connectivity index (χ0) is 5.82. The molecule has 0 atom stereocenters. The first-order valence-electron chi connectivity index (χ1n) is 2.34. The van der Waals surface area contributed by atoms with Crippen LogP contribution >= 0.6 is 11.8 Å². The average Bonchev–Trinajstić information content (AvgIpc) is 1.94. The number of ether oxygens (including phenoxy) is 1. The quantitative estimate of drug-likeness (QED) is 0.453. The summed E-state index contributed by atoms with van der Waals surface area (Å²) in [6.07, 6.45) is 1.44. The molecule has 44 valence electrons. The molecule has 3 heteroatoms. The summed E-state index contributed by atoms with van der Waals surface area (Å²) in [6, 6.07) is 0. The van der Waals surface area contributed by atoms with Crippen molar-refractivity contribution in [3.8, 4) is 0 Å². The maximum atomic E-state index is 10.4. The average molecular weight is 130 g/mol. The monoisotopic (exact) mass is 130 g/mol. The third-order valence-corrected chi connectivity index (χ3v) is 1.48. The minimum atomic E-state index is -0.227. The number of cyclic esters (lactones) is 1. The summed E-state index contributed by atoms with van der Waals surface area (Å²) in [5.41, 5.74) is 0. The van der Waals surface area contributed by atoms with Crippen LogP contribution in [-0.2, 0) is 9.53 Å². The zero-order valence-corrected chi connectivity index (χ0v) is 5.11. The molecule has 0 bridgehead atoms. The lowest BCUT2D eigenvalue weighted by atomic mass is 10.6. The largest absolute Gasteiger partial charge is 0.462 e. The molecule has 0 aliphatic carbocycles. The smallest absolute Gasteiger partial charge is 0.331 e. The number of rotatable bonds is 0. The molecule has 1 aliphatic rings. The normalized spacial score (nSPS) is 19.8. The Labute approximate surface area is 51.9 Å². The van der Waals surface area contributed by atoms with Crippen molar-refractivity contribution < 1.29 is 9.53 Å². The van der Waals surface area contributed by atoms with Gasteiger partial charge in [-0.05, 0) is 5.41 Å². The Hall–Kier alpha value is -0.440. The van der Waals surface area contributed by atoms with E-state index in [2.05, 4.69) is 4.74 Å². The van der Waals surface area contributed by atoms with E-state index in [1.807, 2.05) is 0 Å². The molecule has 0 aromatic heterocycles. The summed E-state index contributed by atoms with van der Waals surface area (Å²) in [6.45, 7) is 0.538. The van der Waals surface area contributed by atoms with Gasteiger partial charge in [0.1, 0.15) is 6.61 Å². The van der Waals surface area contributed by atoms with E-state index in [1.54, 1.807) is 17.2 Å². The highest BCUT2D eigenvalue weighted by atomic mass is 32.2. The van der Waals surface area contributed by atoms with Gasteiger partial charge >= 0.3 is 5.97 Å². The highest BCUT2D eigenvalue weighted by molar-refractivity contribution is 8.02. The van der Waals surface area contributed by atoms with E-state index in [0.717, 1.165) is 5.75 Å². The number of hydrogen-bond acceptors (Lipinski definition) is 3. The molecule has 0 aromatic carbocycles. The minimum Gasteiger partial charge on any atom is -0.462 e.